The van der Waals surface area contributed by atoms with Crippen LogP contribution in [0.3, 0.4) is 0 Å². The third-order valence-electron chi connectivity index (χ3n) is 3.08. The third-order valence-corrected chi connectivity index (χ3v) is 4.29. The predicted molar refractivity (Wildman–Crippen MR) is 64.8 cm³/mol. The van der Waals surface area contributed by atoms with Gasteiger partial charge in [0.05, 0.1) is 0 Å². The van der Waals surface area contributed by atoms with Crippen LogP contribution >= 0.6 is 11.3 Å². The molecule has 0 spiro atoms. The van der Waals surface area contributed by atoms with Gasteiger partial charge in [-0.2, -0.15) is 0 Å². The molecule has 1 aromatic rings. The van der Waals surface area contributed by atoms with E-state index >= 15 is 0 Å². The number of aliphatic carboxylic acids is 1. The molecule has 16 heavy (non-hydrogen) atoms. The van der Waals surface area contributed by atoms with E-state index in [0.29, 0.717) is 5.92 Å². The lowest BCUT2D eigenvalue weighted by atomic mass is 10.1. The Labute approximate surface area is 99.5 Å². The van der Waals surface area contributed by atoms with Crippen molar-refractivity contribution in [3.05, 3.63) is 21.9 Å². The summed E-state index contributed by atoms with van der Waals surface area (Å²) in [5, 5.41) is 14.4. The Morgan fingerprint density at radius 2 is 2.31 bits per heavy atom. The van der Waals surface area contributed by atoms with Gasteiger partial charge in [-0.25, -0.2) is 0 Å². The topological polar surface area (TPSA) is 49.3 Å². The van der Waals surface area contributed by atoms with Crippen molar-refractivity contribution >= 4 is 17.3 Å². The second-order valence-corrected chi connectivity index (χ2v) is 5.46. The van der Waals surface area contributed by atoms with Crippen molar-refractivity contribution in [3.63, 3.8) is 0 Å². The molecule has 0 aliphatic heterocycles. The van der Waals surface area contributed by atoms with Crippen LogP contribution in [-0.2, 0) is 4.79 Å². The highest BCUT2D eigenvalue weighted by Gasteiger charge is 2.37. The van der Waals surface area contributed by atoms with Crippen molar-refractivity contribution in [3.8, 4) is 0 Å². The van der Waals surface area contributed by atoms with Crippen LogP contribution in [0.5, 0.6) is 0 Å². The molecule has 4 heteroatoms. The maximum absolute atomic E-state index is 11.1. The van der Waals surface area contributed by atoms with Gasteiger partial charge in [0.25, 0.3) is 0 Å². The molecule has 1 aliphatic carbocycles. The summed E-state index contributed by atoms with van der Waals surface area (Å²) in [4.78, 5) is 12.4. The van der Waals surface area contributed by atoms with Gasteiger partial charge in [-0.3, -0.25) is 10.1 Å². The first-order valence-corrected chi connectivity index (χ1v) is 6.50. The molecule has 1 heterocycles. The number of hydrogen-bond acceptors (Lipinski definition) is 3. The van der Waals surface area contributed by atoms with Crippen LogP contribution in [0.1, 0.15) is 36.2 Å². The SMILES string of the molecule is Cc1ccsc1C(C)NC(C(=O)O)C1CC1. The second kappa shape index (κ2) is 4.55. The molecule has 2 atom stereocenters. The minimum absolute atomic E-state index is 0.127. The lowest BCUT2D eigenvalue weighted by molar-refractivity contribution is -0.140. The van der Waals surface area contributed by atoms with E-state index < -0.39 is 5.97 Å². The maximum atomic E-state index is 11.1. The maximum Gasteiger partial charge on any atom is 0.321 e. The van der Waals surface area contributed by atoms with Crippen molar-refractivity contribution in [1.29, 1.82) is 0 Å². The number of rotatable bonds is 5. The summed E-state index contributed by atoms with van der Waals surface area (Å²) in [6.45, 7) is 4.11. The molecule has 0 bridgehead atoms. The van der Waals surface area contributed by atoms with E-state index in [1.165, 1.54) is 10.4 Å². The number of aryl methyl sites for hydroxylation is 1. The molecular weight excluding hydrogens is 222 g/mol. The van der Waals surface area contributed by atoms with Crippen LogP contribution in [0, 0.1) is 12.8 Å². The first-order chi connectivity index (χ1) is 7.59. The minimum Gasteiger partial charge on any atom is -0.480 e. The molecule has 0 radical (unpaired) electrons. The highest BCUT2D eigenvalue weighted by Crippen LogP contribution is 2.34. The Morgan fingerprint density at radius 3 is 2.75 bits per heavy atom. The number of carboxylic acid groups (broad SMARTS) is 1. The lowest BCUT2D eigenvalue weighted by Crippen LogP contribution is -2.39. The molecule has 0 aromatic carbocycles. The Bertz CT molecular complexity index is 384. The lowest BCUT2D eigenvalue weighted by Gasteiger charge is -2.19. The average molecular weight is 239 g/mol. The molecule has 1 saturated carbocycles. The van der Waals surface area contributed by atoms with Crippen molar-refractivity contribution in [2.75, 3.05) is 0 Å². The van der Waals surface area contributed by atoms with Crippen LogP contribution in [0.25, 0.3) is 0 Å². The van der Waals surface area contributed by atoms with Gasteiger partial charge in [-0.05, 0) is 49.6 Å². The summed E-state index contributed by atoms with van der Waals surface area (Å²) in [7, 11) is 0. The molecule has 3 nitrogen and oxygen atoms in total. The molecule has 1 fully saturated rings. The van der Waals surface area contributed by atoms with Gasteiger partial charge in [-0.1, -0.05) is 0 Å². The van der Waals surface area contributed by atoms with E-state index in [9.17, 15) is 4.79 Å². The average Bonchev–Trinajstić information content (AvgIpc) is 2.96. The fourth-order valence-electron chi connectivity index (χ4n) is 2.01. The summed E-state index contributed by atoms with van der Waals surface area (Å²) in [5.74, 6) is -0.385. The number of nitrogens with one attached hydrogen (secondary N) is 1. The Kier molecular flexibility index (Phi) is 3.30. The van der Waals surface area contributed by atoms with Gasteiger partial charge < -0.3 is 5.11 Å². The zero-order chi connectivity index (χ0) is 11.7. The van der Waals surface area contributed by atoms with Crippen LogP contribution in [0.15, 0.2) is 11.4 Å². The van der Waals surface area contributed by atoms with Gasteiger partial charge in [0.15, 0.2) is 0 Å². The zero-order valence-corrected chi connectivity index (χ0v) is 10.4. The molecule has 1 aromatic heterocycles. The smallest absolute Gasteiger partial charge is 0.321 e. The number of carboxylic acids is 1. The molecule has 2 N–H and O–H groups in total. The normalized spacial score (nSPS) is 19.4. The van der Waals surface area contributed by atoms with E-state index in [-0.39, 0.29) is 12.1 Å². The van der Waals surface area contributed by atoms with Gasteiger partial charge in [0.1, 0.15) is 6.04 Å². The Hall–Kier alpha value is -0.870. The molecular formula is C12H17NO2S. The van der Waals surface area contributed by atoms with Crippen molar-refractivity contribution in [1.82, 2.24) is 5.32 Å². The molecule has 0 amide bonds. The fourth-order valence-corrected chi connectivity index (χ4v) is 2.96. The molecule has 0 saturated heterocycles. The van der Waals surface area contributed by atoms with E-state index in [0.717, 1.165) is 12.8 Å². The summed E-state index contributed by atoms with van der Waals surface area (Å²) in [6, 6.07) is 1.82. The largest absolute Gasteiger partial charge is 0.480 e. The minimum atomic E-state index is -0.719. The van der Waals surface area contributed by atoms with Crippen LogP contribution < -0.4 is 5.32 Å². The van der Waals surface area contributed by atoms with Gasteiger partial charge in [0, 0.05) is 10.9 Å². The van der Waals surface area contributed by atoms with E-state index in [4.69, 9.17) is 5.11 Å². The van der Waals surface area contributed by atoms with E-state index in [1.54, 1.807) is 11.3 Å². The summed E-state index contributed by atoms with van der Waals surface area (Å²) < 4.78 is 0. The molecule has 2 unspecified atom stereocenters. The van der Waals surface area contributed by atoms with Gasteiger partial charge in [0.2, 0.25) is 0 Å². The van der Waals surface area contributed by atoms with Crippen LogP contribution in [-0.4, -0.2) is 17.1 Å². The monoisotopic (exact) mass is 239 g/mol. The van der Waals surface area contributed by atoms with Crippen molar-refractivity contribution < 1.29 is 9.90 Å². The van der Waals surface area contributed by atoms with E-state index in [1.807, 2.05) is 6.92 Å². The Morgan fingerprint density at radius 1 is 1.62 bits per heavy atom. The number of carbonyl (C=O) groups is 1. The molecule has 1 aliphatic rings. The predicted octanol–water partition coefficient (Wildman–Crippen LogP) is 2.57. The number of hydrogen-bond donors (Lipinski definition) is 2. The molecule has 2 rings (SSSR count). The van der Waals surface area contributed by atoms with E-state index in [2.05, 4.69) is 23.7 Å². The fraction of sp³-hybridized carbons (Fsp3) is 0.583. The van der Waals surface area contributed by atoms with Crippen molar-refractivity contribution in [2.45, 2.75) is 38.8 Å². The summed E-state index contributed by atoms with van der Waals surface area (Å²) in [5.41, 5.74) is 1.24. The quantitative estimate of drug-likeness (QED) is 0.830. The Balaban J connectivity index is 2.03. The van der Waals surface area contributed by atoms with Gasteiger partial charge >= 0.3 is 5.97 Å². The first-order valence-electron chi connectivity index (χ1n) is 5.62. The van der Waals surface area contributed by atoms with Crippen molar-refractivity contribution in [2.24, 2.45) is 5.92 Å². The van der Waals surface area contributed by atoms with Crippen LogP contribution in [0.2, 0.25) is 0 Å². The first kappa shape index (κ1) is 11.6. The molecule has 88 valence electrons. The highest BCUT2D eigenvalue weighted by atomic mass is 32.1. The zero-order valence-electron chi connectivity index (χ0n) is 9.56. The number of thiophene rings is 1. The third kappa shape index (κ3) is 2.44. The second-order valence-electron chi connectivity index (χ2n) is 4.51. The summed E-state index contributed by atoms with van der Waals surface area (Å²) >= 11 is 1.69. The van der Waals surface area contributed by atoms with Crippen LogP contribution in [0.4, 0.5) is 0 Å². The van der Waals surface area contributed by atoms with Gasteiger partial charge in [-0.15, -0.1) is 11.3 Å². The highest BCUT2D eigenvalue weighted by molar-refractivity contribution is 7.10. The standard InChI is InChI=1S/C12H17NO2S/c1-7-5-6-16-11(7)8(2)13-10(12(14)15)9-3-4-9/h5-6,8-10,13H,3-4H2,1-2H3,(H,14,15). The summed E-state index contributed by atoms with van der Waals surface area (Å²) in [6.07, 6.45) is 2.08.